The Morgan fingerprint density at radius 1 is 0.358 bits per heavy atom. The van der Waals surface area contributed by atoms with E-state index in [-0.39, 0.29) is 0 Å². The van der Waals surface area contributed by atoms with E-state index in [1.807, 2.05) is 0 Å². The molecule has 12 rings (SSSR count). The second-order valence-electron chi connectivity index (χ2n) is 15.3. The molecule has 0 atom stereocenters. The minimum absolute atomic E-state index is 0.432. The zero-order chi connectivity index (χ0) is 35.1. The Hall–Kier alpha value is -6.22. The van der Waals surface area contributed by atoms with Gasteiger partial charge in [0.15, 0.2) is 8.07 Å². The van der Waals surface area contributed by atoms with Gasteiger partial charge in [-0.15, -0.1) is 0 Å². The lowest BCUT2D eigenvalue weighted by Crippen LogP contribution is -2.70. The first-order valence-corrected chi connectivity index (χ1v) is 20.8. The first-order valence-electron chi connectivity index (χ1n) is 18.8. The number of hydrogen-bond donors (Lipinski definition) is 0. The van der Waals surface area contributed by atoms with Crippen LogP contribution in [0.15, 0.2) is 176 Å². The fraction of sp³-hybridized carbons (Fsp3) is 0.0588. The predicted molar refractivity (Wildman–Crippen MR) is 223 cm³/mol. The van der Waals surface area contributed by atoms with Crippen molar-refractivity contribution in [3.05, 3.63) is 209 Å². The third-order valence-corrected chi connectivity index (χ3v) is 17.7. The Kier molecular flexibility index (Phi) is 5.66. The van der Waals surface area contributed by atoms with Crippen molar-refractivity contribution in [3.63, 3.8) is 0 Å². The Labute approximate surface area is 311 Å². The van der Waals surface area contributed by atoms with Gasteiger partial charge in [-0.25, -0.2) is 0 Å². The van der Waals surface area contributed by atoms with Crippen molar-refractivity contribution in [1.82, 2.24) is 0 Å². The molecule has 3 aliphatic heterocycles. The Morgan fingerprint density at radius 2 is 0.774 bits per heavy atom. The molecule has 248 valence electrons. The molecule has 0 radical (unpaired) electrons. The average Bonchev–Trinajstić information content (AvgIpc) is 3.78. The van der Waals surface area contributed by atoms with Crippen molar-refractivity contribution in [1.29, 1.82) is 0 Å². The van der Waals surface area contributed by atoms with Gasteiger partial charge in [-0.3, -0.25) is 0 Å². The van der Waals surface area contributed by atoms with Gasteiger partial charge in [-0.05, 0) is 114 Å². The normalized spacial score (nSPS) is 15.2. The molecule has 8 aromatic rings. The van der Waals surface area contributed by atoms with E-state index in [4.69, 9.17) is 0 Å². The maximum absolute atomic E-state index is 2.60. The van der Waals surface area contributed by atoms with Crippen LogP contribution in [0.5, 0.6) is 0 Å². The summed E-state index contributed by atoms with van der Waals surface area (Å²) in [5.41, 5.74) is 19.5. The van der Waals surface area contributed by atoms with E-state index >= 15 is 0 Å². The van der Waals surface area contributed by atoms with E-state index in [9.17, 15) is 0 Å². The summed E-state index contributed by atoms with van der Waals surface area (Å²) in [7, 11) is -2.60. The minimum atomic E-state index is -2.60. The molecule has 4 aliphatic rings. The lowest BCUT2D eigenvalue weighted by atomic mass is 9.64. The molecule has 0 amide bonds. The molecule has 0 unspecified atom stereocenters. The number of anilines is 3. The molecule has 0 bridgehead atoms. The number of rotatable bonds is 1. The van der Waals surface area contributed by atoms with E-state index in [0.717, 1.165) is 0 Å². The van der Waals surface area contributed by atoms with Gasteiger partial charge in [0.25, 0.3) is 0 Å². The lowest BCUT2D eigenvalue weighted by Gasteiger charge is -2.45. The third kappa shape index (κ3) is 3.44. The molecule has 0 fully saturated rings. The Morgan fingerprint density at radius 3 is 1.28 bits per heavy atom. The van der Waals surface area contributed by atoms with Gasteiger partial charge in [0.2, 0.25) is 0 Å². The molecule has 3 heterocycles. The maximum Gasteiger partial charge on any atom is 0.182 e. The standard InChI is InChI=1S/C51H35NSi/c1-32-23-26-35-36-27-24-33(2)30-44(36)51(43(35)29-32)41-16-6-8-18-45(41)52(46-19-9-7-17-42(46)51)34-25-28-40-39-15-5-12-22-49(39)53(50(40)31-34)47-20-10-3-13-37(47)38-14-4-11-21-48(38)53/h3-31H,1-2H3. The quantitative estimate of drug-likeness (QED) is 0.155. The van der Waals surface area contributed by atoms with Crippen molar-refractivity contribution < 1.29 is 0 Å². The highest BCUT2D eigenvalue weighted by Crippen LogP contribution is 2.63. The summed E-state index contributed by atoms with van der Waals surface area (Å²) >= 11 is 0. The molecule has 2 spiro atoms. The van der Waals surface area contributed by atoms with Crippen LogP contribution in [0.3, 0.4) is 0 Å². The lowest BCUT2D eigenvalue weighted by molar-refractivity contribution is 0.751. The van der Waals surface area contributed by atoms with Crippen LogP contribution >= 0.6 is 0 Å². The summed E-state index contributed by atoms with van der Waals surface area (Å²) in [5, 5.41) is 6.01. The monoisotopic (exact) mass is 689 g/mol. The third-order valence-electron chi connectivity index (χ3n) is 12.8. The number of aryl methyl sites for hydroxylation is 2. The van der Waals surface area contributed by atoms with Crippen LogP contribution in [0.25, 0.3) is 33.4 Å². The van der Waals surface area contributed by atoms with Crippen LogP contribution in [0, 0.1) is 13.8 Å². The van der Waals surface area contributed by atoms with Crippen LogP contribution in [-0.4, -0.2) is 8.07 Å². The van der Waals surface area contributed by atoms with Gasteiger partial charge < -0.3 is 4.90 Å². The molecule has 0 saturated carbocycles. The number of benzene rings is 8. The summed E-state index contributed by atoms with van der Waals surface area (Å²) in [5.74, 6) is 0. The molecule has 0 saturated heterocycles. The predicted octanol–water partition coefficient (Wildman–Crippen LogP) is 9.79. The minimum Gasteiger partial charge on any atom is -0.310 e. The van der Waals surface area contributed by atoms with Gasteiger partial charge in [-0.1, -0.05) is 163 Å². The van der Waals surface area contributed by atoms with Crippen molar-refractivity contribution in [2.45, 2.75) is 19.3 Å². The molecule has 1 aliphatic carbocycles. The molecule has 8 aromatic carbocycles. The Balaban J connectivity index is 1.16. The summed E-state index contributed by atoms with van der Waals surface area (Å²) in [6, 6.07) is 67.7. The fourth-order valence-electron chi connectivity index (χ4n) is 10.9. The molecule has 0 N–H and O–H groups in total. The van der Waals surface area contributed by atoms with Gasteiger partial charge in [-0.2, -0.15) is 0 Å². The molecule has 53 heavy (non-hydrogen) atoms. The molecule has 2 heteroatoms. The topological polar surface area (TPSA) is 3.24 Å². The SMILES string of the molecule is Cc1ccc2c(c1)C1(c3cc(C)ccc3-2)c2ccccc2N(c2ccc3c(c2)[Si]2(c4ccccc4-c4ccccc42)c2ccccc2-3)c2ccccc21. The summed E-state index contributed by atoms with van der Waals surface area (Å²) in [4.78, 5) is 2.57. The van der Waals surface area contributed by atoms with E-state index in [1.165, 1.54) is 105 Å². The van der Waals surface area contributed by atoms with Crippen molar-refractivity contribution in [3.8, 4) is 33.4 Å². The average molecular weight is 690 g/mol. The number of hydrogen-bond acceptors (Lipinski definition) is 1. The van der Waals surface area contributed by atoms with Crippen molar-refractivity contribution in [2.24, 2.45) is 0 Å². The number of nitrogens with zero attached hydrogens (tertiary/aromatic N) is 1. The molecule has 0 aromatic heterocycles. The van der Waals surface area contributed by atoms with Crippen molar-refractivity contribution in [2.75, 3.05) is 4.90 Å². The fourth-order valence-corrected chi connectivity index (χ4v) is 16.5. The second kappa shape index (κ2) is 10.2. The van der Waals surface area contributed by atoms with Crippen LogP contribution in [-0.2, 0) is 5.41 Å². The Bertz CT molecular complexity index is 2730. The zero-order valence-corrected chi connectivity index (χ0v) is 30.7. The highest BCUT2D eigenvalue weighted by molar-refractivity contribution is 7.24. The smallest absolute Gasteiger partial charge is 0.182 e. The summed E-state index contributed by atoms with van der Waals surface area (Å²) in [6.45, 7) is 4.47. The van der Waals surface area contributed by atoms with E-state index in [2.05, 4.69) is 195 Å². The first-order chi connectivity index (χ1) is 26.1. The second-order valence-corrected chi connectivity index (χ2v) is 19.0. The highest BCUT2D eigenvalue weighted by Gasteiger charge is 2.55. The summed E-state index contributed by atoms with van der Waals surface area (Å²) < 4.78 is 0. The van der Waals surface area contributed by atoms with Crippen LogP contribution in [0.1, 0.15) is 33.4 Å². The molecular weight excluding hydrogens is 655 g/mol. The highest BCUT2D eigenvalue weighted by atomic mass is 28.3. The van der Waals surface area contributed by atoms with Crippen LogP contribution in [0.2, 0.25) is 0 Å². The number of para-hydroxylation sites is 2. The summed E-state index contributed by atoms with van der Waals surface area (Å²) in [6.07, 6.45) is 0. The van der Waals surface area contributed by atoms with Gasteiger partial charge in [0.05, 0.1) is 16.8 Å². The molecule has 1 nitrogen and oxygen atoms in total. The molecular formula is C51H35NSi. The van der Waals surface area contributed by atoms with Crippen LogP contribution in [0.4, 0.5) is 17.1 Å². The van der Waals surface area contributed by atoms with Gasteiger partial charge in [0, 0.05) is 5.69 Å². The van der Waals surface area contributed by atoms with Crippen molar-refractivity contribution >= 4 is 45.9 Å². The van der Waals surface area contributed by atoms with E-state index in [1.54, 1.807) is 0 Å². The maximum atomic E-state index is 2.58. The van der Waals surface area contributed by atoms with E-state index < -0.39 is 13.5 Å². The zero-order valence-electron chi connectivity index (χ0n) is 29.7. The first kappa shape index (κ1) is 29.4. The van der Waals surface area contributed by atoms with Gasteiger partial charge in [0.1, 0.15) is 0 Å². The largest absolute Gasteiger partial charge is 0.310 e. The van der Waals surface area contributed by atoms with E-state index in [0.29, 0.717) is 0 Å². The van der Waals surface area contributed by atoms with Crippen LogP contribution < -0.4 is 25.6 Å². The number of fused-ring (bicyclic) bond motifs is 19. The van der Waals surface area contributed by atoms with Gasteiger partial charge >= 0.3 is 0 Å².